The number of phenolic OH excluding ortho intramolecular Hbond substituents is 1. The summed E-state index contributed by atoms with van der Waals surface area (Å²) in [4.78, 5) is 11.7. The molecule has 0 fully saturated rings. The van der Waals surface area contributed by atoms with Gasteiger partial charge in [0.05, 0.1) is 16.3 Å². The van der Waals surface area contributed by atoms with Gasteiger partial charge in [0, 0.05) is 15.6 Å². The Labute approximate surface area is 157 Å². The molecule has 0 aromatic heterocycles. The van der Waals surface area contributed by atoms with Crippen molar-refractivity contribution in [3.8, 4) is 11.5 Å². The predicted octanol–water partition coefficient (Wildman–Crippen LogP) is 4.53. The number of hydrogen-bond donors (Lipinski definition) is 2. The molecule has 1 amide bonds. The summed E-state index contributed by atoms with van der Waals surface area (Å²) >= 11 is 23.3. The van der Waals surface area contributed by atoms with Crippen LogP contribution in [-0.4, -0.2) is 23.8 Å². The molecule has 0 bridgehead atoms. The first kappa shape index (κ1) is 18.7. The van der Waals surface area contributed by atoms with Crippen molar-refractivity contribution < 1.29 is 14.6 Å². The molecule has 2 N–H and O–H groups in total. The van der Waals surface area contributed by atoms with Crippen LogP contribution in [0.1, 0.15) is 5.56 Å². The lowest BCUT2D eigenvalue weighted by Crippen LogP contribution is -2.24. The Morgan fingerprint density at radius 2 is 1.83 bits per heavy atom. The molecule has 9 heteroatoms. The maximum Gasteiger partial charge on any atom is 0.277 e. The summed E-state index contributed by atoms with van der Waals surface area (Å²) in [5.41, 5.74) is 2.50. The number of carbonyl (C=O) groups excluding carboxylic acids is 1. The topological polar surface area (TPSA) is 70.9 Å². The number of carbonyl (C=O) groups is 1. The van der Waals surface area contributed by atoms with Gasteiger partial charge in [0.1, 0.15) is 11.5 Å². The van der Waals surface area contributed by atoms with E-state index in [4.69, 9.17) is 51.1 Å². The molecular formula is C15H10Cl4N2O3. The molecule has 0 aliphatic heterocycles. The number of aromatic hydroxyl groups is 1. The van der Waals surface area contributed by atoms with Crippen LogP contribution < -0.4 is 10.2 Å². The number of hydrogen-bond acceptors (Lipinski definition) is 4. The van der Waals surface area contributed by atoms with Gasteiger partial charge >= 0.3 is 0 Å². The fourth-order valence-corrected chi connectivity index (χ4v) is 2.60. The minimum atomic E-state index is -0.523. The molecular weight excluding hydrogens is 398 g/mol. The largest absolute Gasteiger partial charge is 0.506 e. The molecule has 0 atom stereocenters. The Kier molecular flexibility index (Phi) is 6.57. The highest BCUT2D eigenvalue weighted by atomic mass is 35.5. The monoisotopic (exact) mass is 406 g/mol. The van der Waals surface area contributed by atoms with E-state index in [1.807, 2.05) is 0 Å². The third-order valence-corrected chi connectivity index (χ3v) is 3.74. The van der Waals surface area contributed by atoms with Gasteiger partial charge in [-0.1, -0.05) is 46.4 Å². The van der Waals surface area contributed by atoms with Gasteiger partial charge in [0.25, 0.3) is 5.91 Å². The number of nitrogens with one attached hydrogen (secondary N) is 1. The fraction of sp³-hybridized carbons (Fsp3) is 0.0667. The van der Waals surface area contributed by atoms with Gasteiger partial charge in [-0.25, -0.2) is 5.43 Å². The van der Waals surface area contributed by atoms with E-state index in [-0.39, 0.29) is 28.0 Å². The second-order valence-corrected chi connectivity index (χ2v) is 6.17. The number of hydrazone groups is 1. The van der Waals surface area contributed by atoms with Crippen molar-refractivity contribution in [2.75, 3.05) is 6.61 Å². The molecule has 0 unspecified atom stereocenters. The van der Waals surface area contributed by atoms with Crippen LogP contribution >= 0.6 is 46.4 Å². The third-order valence-electron chi connectivity index (χ3n) is 2.70. The number of rotatable bonds is 5. The second kappa shape index (κ2) is 8.44. The van der Waals surface area contributed by atoms with Gasteiger partial charge in [-0.3, -0.25) is 4.79 Å². The van der Waals surface area contributed by atoms with Crippen LogP contribution in [0.15, 0.2) is 35.4 Å². The smallest absolute Gasteiger partial charge is 0.277 e. The lowest BCUT2D eigenvalue weighted by atomic mass is 10.2. The van der Waals surface area contributed by atoms with E-state index < -0.39 is 5.91 Å². The van der Waals surface area contributed by atoms with Crippen molar-refractivity contribution in [3.63, 3.8) is 0 Å². The predicted molar refractivity (Wildman–Crippen MR) is 95.8 cm³/mol. The normalized spacial score (nSPS) is 10.8. The average molecular weight is 408 g/mol. The van der Waals surface area contributed by atoms with Gasteiger partial charge < -0.3 is 9.84 Å². The summed E-state index contributed by atoms with van der Waals surface area (Å²) in [6.45, 7) is -0.305. The minimum Gasteiger partial charge on any atom is -0.506 e. The molecule has 0 spiro atoms. The Hall–Kier alpha value is -1.66. The Morgan fingerprint density at radius 3 is 2.54 bits per heavy atom. The van der Waals surface area contributed by atoms with Crippen molar-refractivity contribution in [3.05, 3.63) is 56.0 Å². The van der Waals surface area contributed by atoms with Crippen LogP contribution in [0.25, 0.3) is 0 Å². The standard InChI is InChI=1S/C15H10Cl4N2O3/c16-9-1-2-13(11(18)4-9)24-7-14(22)21-20-6-8-3-10(17)5-12(19)15(8)23/h1-6,23H,7H2,(H,21,22)/b20-6+. The van der Waals surface area contributed by atoms with Gasteiger partial charge in [-0.15, -0.1) is 0 Å². The van der Waals surface area contributed by atoms with Crippen LogP contribution in [0.2, 0.25) is 20.1 Å². The molecule has 2 aromatic carbocycles. The maximum atomic E-state index is 11.7. The zero-order valence-corrected chi connectivity index (χ0v) is 14.9. The fourth-order valence-electron chi connectivity index (χ4n) is 1.63. The summed E-state index contributed by atoms with van der Waals surface area (Å²) in [5.74, 6) is -0.396. The second-order valence-electron chi connectivity index (χ2n) is 4.48. The summed E-state index contributed by atoms with van der Waals surface area (Å²) in [6.07, 6.45) is 1.21. The van der Waals surface area contributed by atoms with Gasteiger partial charge in [0.2, 0.25) is 0 Å². The van der Waals surface area contributed by atoms with Crippen LogP contribution in [0.3, 0.4) is 0 Å². The lowest BCUT2D eigenvalue weighted by Gasteiger charge is -2.07. The van der Waals surface area contributed by atoms with Crippen LogP contribution in [0, 0.1) is 0 Å². The van der Waals surface area contributed by atoms with Crippen molar-refractivity contribution in [1.82, 2.24) is 5.43 Å². The summed E-state index contributed by atoms with van der Waals surface area (Å²) in [7, 11) is 0. The van der Waals surface area contributed by atoms with Gasteiger partial charge in [0.15, 0.2) is 6.61 Å². The van der Waals surface area contributed by atoms with Crippen molar-refractivity contribution >= 4 is 58.5 Å². The van der Waals surface area contributed by atoms with E-state index in [1.54, 1.807) is 12.1 Å². The van der Waals surface area contributed by atoms with Gasteiger partial charge in [-0.05, 0) is 30.3 Å². The van der Waals surface area contributed by atoms with Crippen molar-refractivity contribution in [1.29, 1.82) is 0 Å². The Balaban J connectivity index is 1.91. The third kappa shape index (κ3) is 5.18. The quantitative estimate of drug-likeness (QED) is 0.564. The Morgan fingerprint density at radius 1 is 1.12 bits per heavy atom. The highest BCUT2D eigenvalue weighted by molar-refractivity contribution is 6.36. The number of ether oxygens (including phenoxy) is 1. The zero-order valence-electron chi connectivity index (χ0n) is 11.9. The molecule has 5 nitrogen and oxygen atoms in total. The number of benzene rings is 2. The van der Waals surface area contributed by atoms with Crippen LogP contribution in [0.4, 0.5) is 0 Å². The molecule has 0 aliphatic carbocycles. The number of amides is 1. The molecule has 0 saturated carbocycles. The molecule has 0 radical (unpaired) electrons. The number of nitrogens with zero attached hydrogens (tertiary/aromatic N) is 1. The van der Waals surface area contributed by atoms with E-state index in [0.29, 0.717) is 15.8 Å². The molecule has 0 heterocycles. The first-order valence-electron chi connectivity index (χ1n) is 6.44. The average Bonchev–Trinajstić information content (AvgIpc) is 2.51. The van der Waals surface area contributed by atoms with E-state index in [0.717, 1.165) is 0 Å². The first-order chi connectivity index (χ1) is 11.4. The van der Waals surface area contributed by atoms with Crippen LogP contribution in [0.5, 0.6) is 11.5 Å². The highest BCUT2D eigenvalue weighted by Gasteiger charge is 2.07. The van der Waals surface area contributed by atoms with Crippen LogP contribution in [-0.2, 0) is 4.79 Å². The van der Waals surface area contributed by atoms with E-state index in [1.165, 1.54) is 24.4 Å². The molecule has 24 heavy (non-hydrogen) atoms. The number of halogens is 4. The number of phenols is 1. The summed E-state index contributed by atoms with van der Waals surface area (Å²) in [5, 5.41) is 14.6. The zero-order chi connectivity index (χ0) is 17.7. The van der Waals surface area contributed by atoms with Crippen molar-refractivity contribution in [2.45, 2.75) is 0 Å². The molecule has 126 valence electrons. The van der Waals surface area contributed by atoms with Gasteiger partial charge in [-0.2, -0.15) is 5.10 Å². The molecule has 0 aliphatic rings. The SMILES string of the molecule is O=C(COc1ccc(Cl)cc1Cl)N/N=C/c1cc(Cl)cc(Cl)c1O. The first-order valence-corrected chi connectivity index (χ1v) is 7.96. The summed E-state index contributed by atoms with van der Waals surface area (Å²) < 4.78 is 5.25. The molecule has 2 aromatic rings. The van der Waals surface area contributed by atoms with E-state index >= 15 is 0 Å². The van der Waals surface area contributed by atoms with Crippen molar-refractivity contribution in [2.24, 2.45) is 5.10 Å². The summed E-state index contributed by atoms with van der Waals surface area (Å²) in [6, 6.07) is 7.47. The Bertz CT molecular complexity index is 797. The van der Waals surface area contributed by atoms with E-state index in [2.05, 4.69) is 10.5 Å². The lowest BCUT2D eigenvalue weighted by molar-refractivity contribution is -0.123. The minimum absolute atomic E-state index is 0.0796. The maximum absolute atomic E-state index is 11.7. The molecule has 2 rings (SSSR count). The van der Waals surface area contributed by atoms with E-state index in [9.17, 15) is 9.90 Å². The highest BCUT2D eigenvalue weighted by Crippen LogP contribution is 2.30. The molecule has 0 saturated heterocycles.